The molecule has 1 atom stereocenters. The lowest BCUT2D eigenvalue weighted by molar-refractivity contribution is 0.442. The first-order valence-electron chi connectivity index (χ1n) is 6.34. The molecule has 0 spiro atoms. The van der Waals surface area contributed by atoms with Crippen molar-refractivity contribution in [3.63, 3.8) is 0 Å². The summed E-state index contributed by atoms with van der Waals surface area (Å²) in [4.78, 5) is 0. The summed E-state index contributed by atoms with van der Waals surface area (Å²) in [5, 5.41) is 11.1. The van der Waals surface area contributed by atoms with Crippen LogP contribution < -0.4 is 5.32 Å². The minimum atomic E-state index is 0.0854. The molecule has 0 amide bonds. The highest BCUT2D eigenvalue weighted by atomic mass is 15.2. The number of aromatic nitrogens is 2. The fourth-order valence-electron chi connectivity index (χ4n) is 2.37. The second kappa shape index (κ2) is 4.11. The van der Waals surface area contributed by atoms with Crippen LogP contribution in [-0.4, -0.2) is 15.7 Å². The minimum Gasteiger partial charge on any atom is -0.364 e. The van der Waals surface area contributed by atoms with E-state index in [1.54, 1.807) is 0 Å². The van der Waals surface area contributed by atoms with E-state index in [9.17, 15) is 0 Å². The predicted molar refractivity (Wildman–Crippen MR) is 67.8 cm³/mol. The summed E-state index contributed by atoms with van der Waals surface area (Å²) in [5.74, 6) is 1.91. The molecule has 2 rings (SSSR count). The van der Waals surface area contributed by atoms with Crippen molar-refractivity contribution < 1.29 is 0 Å². The maximum atomic E-state index is 4.42. The van der Waals surface area contributed by atoms with E-state index in [2.05, 4.69) is 43.2 Å². The molecule has 0 saturated heterocycles. The number of rotatable bonds is 2. The third-order valence-corrected chi connectivity index (χ3v) is 3.32. The molecule has 1 aromatic heterocycles. The maximum absolute atomic E-state index is 4.42. The molecule has 1 aliphatic rings. The van der Waals surface area contributed by atoms with Crippen molar-refractivity contribution in [3.05, 3.63) is 11.3 Å². The molecule has 0 bridgehead atoms. The Morgan fingerprint density at radius 1 is 1.44 bits per heavy atom. The highest BCUT2D eigenvalue weighted by Crippen LogP contribution is 2.31. The summed E-state index contributed by atoms with van der Waals surface area (Å²) in [6.45, 7) is 8.81. The Morgan fingerprint density at radius 3 is 2.81 bits per heavy atom. The van der Waals surface area contributed by atoms with Gasteiger partial charge in [0.15, 0.2) is 5.82 Å². The zero-order valence-corrected chi connectivity index (χ0v) is 10.9. The van der Waals surface area contributed by atoms with E-state index in [4.69, 9.17) is 0 Å². The van der Waals surface area contributed by atoms with Crippen molar-refractivity contribution in [1.82, 2.24) is 10.2 Å². The SMILES string of the molecule is CCC1CCc2[nH]nc(NC(C)(C)C)c2C1. The van der Waals surface area contributed by atoms with Crippen molar-refractivity contribution in [2.45, 2.75) is 58.9 Å². The van der Waals surface area contributed by atoms with Crippen molar-refractivity contribution >= 4 is 5.82 Å². The lowest BCUT2D eigenvalue weighted by Crippen LogP contribution is -2.27. The second-order valence-electron chi connectivity index (χ2n) is 5.92. The van der Waals surface area contributed by atoms with Gasteiger partial charge < -0.3 is 5.32 Å². The molecular formula is C13H23N3. The van der Waals surface area contributed by atoms with E-state index in [1.807, 2.05) is 0 Å². The van der Waals surface area contributed by atoms with Crippen LogP contribution in [0.1, 0.15) is 51.8 Å². The summed E-state index contributed by atoms with van der Waals surface area (Å²) in [6, 6.07) is 0. The zero-order chi connectivity index (χ0) is 11.8. The summed E-state index contributed by atoms with van der Waals surface area (Å²) >= 11 is 0. The molecule has 1 heterocycles. The standard InChI is InChI=1S/C13H23N3/c1-5-9-6-7-11-10(8-9)12(16-15-11)14-13(2,3)4/h9H,5-8H2,1-4H3,(H2,14,15,16). The van der Waals surface area contributed by atoms with Gasteiger partial charge in [0.1, 0.15) is 0 Å². The lowest BCUT2D eigenvalue weighted by Gasteiger charge is -2.24. The number of nitrogens with zero attached hydrogens (tertiary/aromatic N) is 1. The van der Waals surface area contributed by atoms with Gasteiger partial charge in [-0.05, 0) is 46.0 Å². The molecule has 3 nitrogen and oxygen atoms in total. The fraction of sp³-hybridized carbons (Fsp3) is 0.769. The minimum absolute atomic E-state index is 0.0854. The van der Waals surface area contributed by atoms with Crippen LogP contribution in [0.4, 0.5) is 5.82 Å². The van der Waals surface area contributed by atoms with Crippen LogP contribution in [0.5, 0.6) is 0 Å². The van der Waals surface area contributed by atoms with E-state index in [0.717, 1.165) is 18.2 Å². The van der Waals surface area contributed by atoms with Gasteiger partial charge in [-0.2, -0.15) is 5.10 Å². The molecule has 0 radical (unpaired) electrons. The average molecular weight is 221 g/mol. The number of hydrogen-bond acceptors (Lipinski definition) is 2. The van der Waals surface area contributed by atoms with E-state index < -0.39 is 0 Å². The van der Waals surface area contributed by atoms with Gasteiger partial charge in [-0.25, -0.2) is 0 Å². The summed E-state index contributed by atoms with van der Waals surface area (Å²) in [6.07, 6.45) is 4.92. The Morgan fingerprint density at radius 2 is 2.19 bits per heavy atom. The van der Waals surface area contributed by atoms with Crippen LogP contribution in [-0.2, 0) is 12.8 Å². The Labute approximate surface area is 98.0 Å². The van der Waals surface area contributed by atoms with Crippen LogP contribution in [0, 0.1) is 5.92 Å². The van der Waals surface area contributed by atoms with Gasteiger partial charge in [0.2, 0.25) is 0 Å². The Bertz CT molecular complexity index is 360. The molecule has 0 saturated carbocycles. The van der Waals surface area contributed by atoms with Crippen molar-refractivity contribution in [3.8, 4) is 0 Å². The third-order valence-electron chi connectivity index (χ3n) is 3.32. The largest absolute Gasteiger partial charge is 0.364 e. The van der Waals surface area contributed by atoms with Crippen LogP contribution in [0.25, 0.3) is 0 Å². The monoisotopic (exact) mass is 221 g/mol. The number of fused-ring (bicyclic) bond motifs is 1. The summed E-state index contributed by atoms with van der Waals surface area (Å²) in [7, 11) is 0. The number of hydrogen-bond donors (Lipinski definition) is 2. The van der Waals surface area contributed by atoms with Gasteiger partial charge in [-0.15, -0.1) is 0 Å². The van der Waals surface area contributed by atoms with E-state index in [1.165, 1.54) is 30.5 Å². The zero-order valence-electron chi connectivity index (χ0n) is 10.9. The fourth-order valence-corrected chi connectivity index (χ4v) is 2.37. The number of anilines is 1. The highest BCUT2D eigenvalue weighted by molar-refractivity contribution is 5.49. The first-order valence-corrected chi connectivity index (χ1v) is 6.34. The molecule has 0 fully saturated rings. The Balaban J connectivity index is 2.20. The summed E-state index contributed by atoms with van der Waals surface area (Å²) < 4.78 is 0. The Kier molecular flexibility index (Phi) is 2.96. The number of aryl methyl sites for hydroxylation is 1. The third kappa shape index (κ3) is 2.39. The predicted octanol–water partition coefficient (Wildman–Crippen LogP) is 3.14. The summed E-state index contributed by atoms with van der Waals surface area (Å²) in [5.41, 5.74) is 2.85. The second-order valence-corrected chi connectivity index (χ2v) is 5.92. The number of aromatic amines is 1. The highest BCUT2D eigenvalue weighted by Gasteiger charge is 2.24. The first kappa shape index (κ1) is 11.5. The molecule has 1 unspecified atom stereocenters. The van der Waals surface area contributed by atoms with Crippen molar-refractivity contribution in [2.75, 3.05) is 5.32 Å². The average Bonchev–Trinajstić information content (AvgIpc) is 2.58. The molecule has 0 aromatic carbocycles. The van der Waals surface area contributed by atoms with E-state index in [-0.39, 0.29) is 5.54 Å². The number of H-pyrrole nitrogens is 1. The molecule has 90 valence electrons. The smallest absolute Gasteiger partial charge is 0.151 e. The van der Waals surface area contributed by atoms with Gasteiger partial charge in [-0.3, -0.25) is 5.10 Å². The van der Waals surface area contributed by atoms with Crippen LogP contribution in [0.3, 0.4) is 0 Å². The molecule has 16 heavy (non-hydrogen) atoms. The lowest BCUT2D eigenvalue weighted by atomic mass is 9.85. The van der Waals surface area contributed by atoms with Gasteiger partial charge >= 0.3 is 0 Å². The van der Waals surface area contributed by atoms with Crippen molar-refractivity contribution in [1.29, 1.82) is 0 Å². The Hall–Kier alpha value is -0.990. The van der Waals surface area contributed by atoms with E-state index in [0.29, 0.717) is 0 Å². The van der Waals surface area contributed by atoms with E-state index >= 15 is 0 Å². The molecule has 3 heteroatoms. The van der Waals surface area contributed by atoms with Crippen LogP contribution in [0.15, 0.2) is 0 Å². The quantitative estimate of drug-likeness (QED) is 0.805. The molecule has 0 aliphatic heterocycles. The molecule has 2 N–H and O–H groups in total. The van der Waals surface area contributed by atoms with Crippen LogP contribution in [0.2, 0.25) is 0 Å². The number of nitrogens with one attached hydrogen (secondary N) is 2. The van der Waals surface area contributed by atoms with Gasteiger partial charge in [0.05, 0.1) is 0 Å². The van der Waals surface area contributed by atoms with Gasteiger partial charge in [-0.1, -0.05) is 13.3 Å². The normalized spacial score (nSPS) is 20.6. The first-order chi connectivity index (χ1) is 7.49. The molecule has 1 aromatic rings. The molecule has 1 aliphatic carbocycles. The maximum Gasteiger partial charge on any atom is 0.151 e. The molecular weight excluding hydrogens is 198 g/mol. The van der Waals surface area contributed by atoms with Crippen LogP contribution >= 0.6 is 0 Å². The van der Waals surface area contributed by atoms with Crippen molar-refractivity contribution in [2.24, 2.45) is 5.92 Å². The topological polar surface area (TPSA) is 40.7 Å². The van der Waals surface area contributed by atoms with Gasteiger partial charge in [0, 0.05) is 16.8 Å². The van der Waals surface area contributed by atoms with Gasteiger partial charge in [0.25, 0.3) is 0 Å².